The van der Waals surface area contributed by atoms with Gasteiger partial charge in [-0.3, -0.25) is 0 Å². The van der Waals surface area contributed by atoms with Crippen LogP contribution in [0.4, 0.5) is 0 Å². The fourth-order valence-electron chi connectivity index (χ4n) is 13.1. The molecule has 9 N–H and O–H groups in total. The van der Waals surface area contributed by atoms with Crippen molar-refractivity contribution in [2.24, 2.45) is 44.3 Å². The first-order valence-electron chi connectivity index (χ1n) is 20.6. The van der Waals surface area contributed by atoms with Crippen molar-refractivity contribution in [3.63, 3.8) is 0 Å². The van der Waals surface area contributed by atoms with Gasteiger partial charge in [0, 0.05) is 10.8 Å². The van der Waals surface area contributed by atoms with Crippen LogP contribution in [0.25, 0.3) is 0 Å². The monoisotopic (exact) mass is 780 g/mol. The van der Waals surface area contributed by atoms with Gasteiger partial charge in [0.1, 0.15) is 48.8 Å². The first kappa shape index (κ1) is 42.1. The molecule has 13 nitrogen and oxygen atoms in total. The number of hydrogen-bond donors (Lipinski definition) is 9. The molecule has 0 aromatic carbocycles. The maximum absolute atomic E-state index is 12.0. The van der Waals surface area contributed by atoms with Crippen LogP contribution in [0.3, 0.4) is 0 Å². The second-order valence-corrected chi connectivity index (χ2v) is 20.4. The molecule has 0 spiro atoms. The number of fused-ring (bicyclic) bond motifs is 6. The molecular weight excluding hydrogens is 712 g/mol. The molecule has 3 saturated carbocycles. The number of rotatable bonds is 7. The van der Waals surface area contributed by atoms with Crippen LogP contribution in [0, 0.1) is 44.3 Å². The Balaban J connectivity index is 1.17. The van der Waals surface area contributed by atoms with E-state index in [1.165, 1.54) is 11.1 Å². The number of aliphatic hydroxyl groups is 9. The third kappa shape index (κ3) is 6.20. The first-order chi connectivity index (χ1) is 25.7. The standard InChI is InChI=1S/C42H68O13/c1-37(2)14-15-42(20-45)22(16-37)21-8-9-26-39(5)12-11-28(38(3,4)25(39)10-13-40(26,6)41(21,7)17-27(42)46)54-36-34(32(50)30(48)24(19-44)53-36)55-35-33(51)31(49)29(47)23(18-43)52-35/h8-9,23-36,43-51H,10-20H2,1-7H3. The van der Waals surface area contributed by atoms with Gasteiger partial charge < -0.3 is 64.9 Å². The van der Waals surface area contributed by atoms with Crippen LogP contribution in [-0.2, 0) is 18.9 Å². The average molecular weight is 781 g/mol. The molecule has 0 aromatic heterocycles. The second kappa shape index (κ2) is 14.3. The predicted octanol–water partition coefficient (Wildman–Crippen LogP) is 1.68. The van der Waals surface area contributed by atoms with Crippen molar-refractivity contribution in [1.29, 1.82) is 0 Å². The Labute approximate surface area is 325 Å². The highest BCUT2D eigenvalue weighted by Gasteiger charge is 2.68. The van der Waals surface area contributed by atoms with Gasteiger partial charge >= 0.3 is 0 Å². The zero-order chi connectivity index (χ0) is 40.3. The van der Waals surface area contributed by atoms with E-state index in [2.05, 4.69) is 60.6 Å². The normalized spacial score (nSPS) is 53.2. The van der Waals surface area contributed by atoms with Gasteiger partial charge in [0.25, 0.3) is 0 Å². The van der Waals surface area contributed by atoms with Crippen molar-refractivity contribution in [3.05, 3.63) is 23.3 Å². The predicted molar refractivity (Wildman–Crippen MR) is 199 cm³/mol. The summed E-state index contributed by atoms with van der Waals surface area (Å²) < 4.78 is 24.4. The molecule has 13 heteroatoms. The van der Waals surface area contributed by atoms with Crippen LogP contribution in [0.5, 0.6) is 0 Å². The molecule has 5 fully saturated rings. The summed E-state index contributed by atoms with van der Waals surface area (Å²) in [5.74, 6) is 0.387. The van der Waals surface area contributed by atoms with Gasteiger partial charge in [0.15, 0.2) is 12.6 Å². The van der Waals surface area contributed by atoms with E-state index in [0.29, 0.717) is 12.8 Å². The number of aliphatic hydroxyl groups excluding tert-OH is 9. The van der Waals surface area contributed by atoms with Gasteiger partial charge in [0.05, 0.1) is 32.0 Å². The van der Waals surface area contributed by atoms with Gasteiger partial charge in [-0.2, -0.15) is 0 Å². The smallest absolute Gasteiger partial charge is 0.187 e. The fraction of sp³-hybridized carbons (Fsp3) is 0.905. The lowest BCUT2D eigenvalue weighted by atomic mass is 9.35. The van der Waals surface area contributed by atoms with Crippen molar-refractivity contribution in [1.82, 2.24) is 0 Å². The Kier molecular flexibility index (Phi) is 11.0. The number of ether oxygens (including phenoxy) is 4. The van der Waals surface area contributed by atoms with Crippen molar-refractivity contribution in [3.8, 4) is 0 Å². The summed E-state index contributed by atoms with van der Waals surface area (Å²) >= 11 is 0. The summed E-state index contributed by atoms with van der Waals surface area (Å²) in [6, 6.07) is 0. The molecule has 0 bridgehead atoms. The summed E-state index contributed by atoms with van der Waals surface area (Å²) in [7, 11) is 0. The fourth-order valence-corrected chi connectivity index (χ4v) is 13.1. The van der Waals surface area contributed by atoms with E-state index in [9.17, 15) is 46.0 Å². The average Bonchev–Trinajstić information content (AvgIpc) is 3.12. The zero-order valence-electron chi connectivity index (χ0n) is 33.7. The van der Waals surface area contributed by atoms with Gasteiger partial charge in [-0.05, 0) is 90.4 Å². The van der Waals surface area contributed by atoms with Crippen LogP contribution in [0.2, 0.25) is 0 Å². The highest BCUT2D eigenvalue weighted by Crippen LogP contribution is 2.74. The van der Waals surface area contributed by atoms with Gasteiger partial charge in [0.2, 0.25) is 0 Å². The summed E-state index contributed by atoms with van der Waals surface area (Å²) in [4.78, 5) is 0. The molecule has 0 aromatic rings. The quantitative estimate of drug-likeness (QED) is 0.168. The van der Waals surface area contributed by atoms with E-state index in [4.69, 9.17) is 18.9 Å². The van der Waals surface area contributed by atoms with Gasteiger partial charge in [-0.15, -0.1) is 0 Å². The van der Waals surface area contributed by atoms with E-state index in [-0.39, 0.29) is 40.1 Å². The number of hydrogen-bond acceptors (Lipinski definition) is 13. The molecule has 0 radical (unpaired) electrons. The molecule has 5 aliphatic carbocycles. The third-order valence-electron chi connectivity index (χ3n) is 16.7. The molecule has 314 valence electrons. The van der Waals surface area contributed by atoms with Crippen LogP contribution in [0.15, 0.2) is 23.3 Å². The topological polar surface area (TPSA) is 219 Å². The largest absolute Gasteiger partial charge is 0.395 e. The maximum atomic E-state index is 12.0. The molecule has 18 unspecified atom stereocenters. The van der Waals surface area contributed by atoms with Crippen LogP contribution < -0.4 is 0 Å². The highest BCUT2D eigenvalue weighted by atomic mass is 16.8. The summed E-state index contributed by atoms with van der Waals surface area (Å²) in [6.07, 6.45) is -4.85. The van der Waals surface area contributed by atoms with Crippen molar-refractivity contribution < 1.29 is 64.9 Å². The number of allylic oxidation sites excluding steroid dienone is 3. The van der Waals surface area contributed by atoms with Crippen LogP contribution in [0.1, 0.15) is 99.8 Å². The molecule has 7 rings (SSSR count). The summed E-state index contributed by atoms with van der Waals surface area (Å²) in [6.45, 7) is 14.8. The first-order valence-corrected chi connectivity index (χ1v) is 20.6. The van der Waals surface area contributed by atoms with Crippen molar-refractivity contribution >= 4 is 0 Å². The molecule has 0 amide bonds. The van der Waals surface area contributed by atoms with Crippen molar-refractivity contribution in [2.45, 2.75) is 173 Å². The van der Waals surface area contributed by atoms with Crippen molar-refractivity contribution in [2.75, 3.05) is 19.8 Å². The highest BCUT2D eigenvalue weighted by molar-refractivity contribution is 5.47. The van der Waals surface area contributed by atoms with E-state index >= 15 is 0 Å². The summed E-state index contributed by atoms with van der Waals surface area (Å²) in [5, 5.41) is 96.2. The van der Waals surface area contributed by atoms with E-state index in [1.807, 2.05) is 0 Å². The second-order valence-electron chi connectivity index (χ2n) is 20.4. The van der Waals surface area contributed by atoms with Gasteiger partial charge in [-0.25, -0.2) is 0 Å². The molecule has 2 saturated heterocycles. The Morgan fingerprint density at radius 3 is 1.98 bits per heavy atom. The molecular formula is C42H68O13. The van der Waals surface area contributed by atoms with Crippen LogP contribution in [-0.4, -0.2) is 139 Å². The zero-order valence-corrected chi connectivity index (χ0v) is 33.7. The van der Waals surface area contributed by atoms with E-state index in [1.54, 1.807) is 0 Å². The van der Waals surface area contributed by atoms with Gasteiger partial charge in [-0.1, -0.05) is 66.2 Å². The molecule has 2 heterocycles. The Bertz CT molecular complexity index is 1500. The summed E-state index contributed by atoms with van der Waals surface area (Å²) in [5.41, 5.74) is 1.03. The molecule has 7 aliphatic rings. The lowest BCUT2D eigenvalue weighted by molar-refractivity contribution is -0.378. The Morgan fingerprint density at radius 2 is 1.35 bits per heavy atom. The minimum absolute atomic E-state index is 0.0450. The van der Waals surface area contributed by atoms with E-state index in [0.717, 1.165) is 38.5 Å². The van der Waals surface area contributed by atoms with Crippen LogP contribution >= 0.6 is 0 Å². The Morgan fingerprint density at radius 1 is 0.709 bits per heavy atom. The molecule has 2 aliphatic heterocycles. The minimum atomic E-state index is -1.75. The lowest BCUT2D eigenvalue weighted by Crippen LogP contribution is -2.66. The minimum Gasteiger partial charge on any atom is -0.395 e. The molecule has 55 heavy (non-hydrogen) atoms. The SMILES string of the molecule is CC1(C)CCC2(CO)C(=C3C=CC4C5(C)CCC(OC6OC(CO)C(O)C(O)C6OC6OC(CO)C(O)C(O)C6O)C(C)(C)C5CCC4(C)C3(C)CC2O)C1. The Hall–Kier alpha value is -1.04. The van der Waals surface area contributed by atoms with E-state index < -0.39 is 97.7 Å². The third-order valence-corrected chi connectivity index (χ3v) is 16.7. The lowest BCUT2D eigenvalue weighted by Gasteiger charge is -2.70. The maximum Gasteiger partial charge on any atom is 0.187 e. The molecule has 18 atom stereocenters.